The van der Waals surface area contributed by atoms with E-state index in [1.807, 2.05) is 24.4 Å². The fraction of sp³-hybridized carbons (Fsp3) is 0.391. The first kappa shape index (κ1) is 21.4. The molecule has 162 valence electrons. The van der Waals surface area contributed by atoms with E-state index in [0.717, 1.165) is 53.1 Å². The minimum Gasteiger partial charge on any atom is -0.357 e. The van der Waals surface area contributed by atoms with Crippen molar-refractivity contribution in [1.29, 1.82) is 0 Å². The quantitative estimate of drug-likeness (QED) is 0.543. The lowest BCUT2D eigenvalue weighted by Crippen LogP contribution is -2.25. The summed E-state index contributed by atoms with van der Waals surface area (Å²) in [7, 11) is 0. The van der Waals surface area contributed by atoms with Gasteiger partial charge in [0.1, 0.15) is 5.82 Å². The molecule has 4 rings (SSSR count). The number of carbonyl (C=O) groups is 1. The third-order valence-electron chi connectivity index (χ3n) is 5.48. The van der Waals surface area contributed by atoms with Crippen molar-refractivity contribution in [3.05, 3.63) is 53.7 Å². The molecule has 0 saturated carbocycles. The largest absolute Gasteiger partial charge is 0.357 e. The van der Waals surface area contributed by atoms with Crippen molar-refractivity contribution in [1.82, 2.24) is 25.1 Å². The molecule has 1 N–H and O–H groups in total. The average Bonchev–Trinajstić information content (AvgIpc) is 3.47. The summed E-state index contributed by atoms with van der Waals surface area (Å²) in [5, 5.41) is 12.5. The highest BCUT2D eigenvalue weighted by Gasteiger charge is 2.16. The van der Waals surface area contributed by atoms with Gasteiger partial charge in [0.2, 0.25) is 5.91 Å². The molecule has 1 fully saturated rings. The van der Waals surface area contributed by atoms with Crippen molar-refractivity contribution < 1.29 is 4.79 Å². The zero-order valence-corrected chi connectivity index (χ0v) is 18.9. The van der Waals surface area contributed by atoms with Crippen molar-refractivity contribution in [2.24, 2.45) is 0 Å². The second kappa shape index (κ2) is 9.96. The number of thioether (sulfide) groups is 1. The number of hydrogen-bond acceptors (Lipinski definition) is 6. The summed E-state index contributed by atoms with van der Waals surface area (Å²) in [5.74, 6) is 2.12. The van der Waals surface area contributed by atoms with Gasteiger partial charge in [-0.05, 0) is 49.9 Å². The molecule has 1 amide bonds. The van der Waals surface area contributed by atoms with E-state index in [4.69, 9.17) is 0 Å². The van der Waals surface area contributed by atoms with Crippen LogP contribution in [0.4, 0.5) is 5.82 Å². The Labute approximate surface area is 187 Å². The third-order valence-corrected chi connectivity index (χ3v) is 6.45. The number of rotatable bonds is 8. The maximum atomic E-state index is 12.4. The molecule has 3 aromatic rings. The monoisotopic (exact) mass is 436 g/mol. The van der Waals surface area contributed by atoms with Crippen LogP contribution in [-0.4, -0.2) is 44.5 Å². The fourth-order valence-electron chi connectivity index (χ4n) is 3.78. The highest BCUT2D eigenvalue weighted by Crippen LogP contribution is 2.26. The highest BCUT2D eigenvalue weighted by atomic mass is 32.2. The van der Waals surface area contributed by atoms with Crippen molar-refractivity contribution in [3.63, 3.8) is 0 Å². The summed E-state index contributed by atoms with van der Waals surface area (Å²) < 4.78 is 2.06. The topological polar surface area (TPSA) is 75.9 Å². The van der Waals surface area contributed by atoms with Crippen molar-refractivity contribution in [2.45, 2.75) is 44.9 Å². The van der Waals surface area contributed by atoms with Crippen LogP contribution in [0.15, 0.2) is 47.8 Å². The number of aryl methyl sites for hydroxylation is 1. The zero-order chi connectivity index (χ0) is 21.6. The Kier molecular flexibility index (Phi) is 6.86. The number of nitrogens with zero attached hydrogens (tertiary/aromatic N) is 5. The molecule has 0 aliphatic carbocycles. The van der Waals surface area contributed by atoms with E-state index < -0.39 is 0 Å². The molecule has 0 spiro atoms. The Hall–Kier alpha value is -2.87. The van der Waals surface area contributed by atoms with Crippen molar-refractivity contribution in [2.75, 3.05) is 23.7 Å². The molecule has 0 unspecified atom stereocenters. The number of carbonyl (C=O) groups excluding carboxylic acids is 1. The van der Waals surface area contributed by atoms with Crippen LogP contribution >= 0.6 is 11.8 Å². The number of pyridine rings is 1. The molecule has 0 radical (unpaired) electrons. The van der Waals surface area contributed by atoms with Crippen LogP contribution in [-0.2, 0) is 17.9 Å². The minimum absolute atomic E-state index is 0.0207. The molecule has 1 aromatic carbocycles. The lowest BCUT2D eigenvalue weighted by molar-refractivity contribution is -0.118. The van der Waals surface area contributed by atoms with Gasteiger partial charge in [0.25, 0.3) is 0 Å². The minimum atomic E-state index is -0.0207. The average molecular weight is 437 g/mol. The van der Waals surface area contributed by atoms with Gasteiger partial charge in [-0.15, -0.1) is 10.2 Å². The number of amides is 1. The molecule has 1 aliphatic rings. The summed E-state index contributed by atoms with van der Waals surface area (Å²) in [6.07, 6.45) is 4.25. The van der Waals surface area contributed by atoms with E-state index in [1.54, 1.807) is 0 Å². The molecular formula is C23H28N6OS. The first-order chi connectivity index (χ1) is 15.2. The molecule has 1 aliphatic heterocycles. The SMILES string of the molecule is CCn1c(SCC(=O)NCc2ccnc(N3CCCC3)c2)nnc1-c1ccccc1C. The second-order valence-corrected chi connectivity index (χ2v) is 8.59. The number of benzene rings is 1. The van der Waals surface area contributed by atoms with Gasteiger partial charge >= 0.3 is 0 Å². The third kappa shape index (κ3) is 5.07. The van der Waals surface area contributed by atoms with Crippen LogP contribution in [0.2, 0.25) is 0 Å². The van der Waals surface area contributed by atoms with Crippen LogP contribution in [0, 0.1) is 6.92 Å². The Morgan fingerprint density at radius 1 is 1.16 bits per heavy atom. The normalized spacial score (nSPS) is 13.5. The Bertz CT molecular complexity index is 1040. The predicted molar refractivity (Wildman–Crippen MR) is 124 cm³/mol. The fourth-order valence-corrected chi connectivity index (χ4v) is 4.61. The van der Waals surface area contributed by atoms with Gasteiger partial charge in [-0.3, -0.25) is 4.79 Å². The first-order valence-corrected chi connectivity index (χ1v) is 11.7. The molecule has 0 bridgehead atoms. The number of aromatic nitrogens is 4. The summed E-state index contributed by atoms with van der Waals surface area (Å²) in [6.45, 7) is 7.49. The molecule has 7 nitrogen and oxygen atoms in total. The van der Waals surface area contributed by atoms with Crippen LogP contribution in [0.1, 0.15) is 30.9 Å². The van der Waals surface area contributed by atoms with E-state index in [-0.39, 0.29) is 5.91 Å². The molecular weight excluding hydrogens is 408 g/mol. The Balaban J connectivity index is 1.34. The van der Waals surface area contributed by atoms with Gasteiger partial charge in [0, 0.05) is 37.9 Å². The van der Waals surface area contributed by atoms with Gasteiger partial charge < -0.3 is 14.8 Å². The van der Waals surface area contributed by atoms with E-state index in [1.165, 1.54) is 24.6 Å². The Morgan fingerprint density at radius 2 is 1.97 bits per heavy atom. The van der Waals surface area contributed by atoms with Gasteiger partial charge in [-0.1, -0.05) is 36.0 Å². The smallest absolute Gasteiger partial charge is 0.230 e. The van der Waals surface area contributed by atoms with E-state index in [2.05, 4.69) is 62.0 Å². The number of nitrogens with one attached hydrogen (secondary N) is 1. The van der Waals surface area contributed by atoms with Crippen molar-refractivity contribution >= 4 is 23.5 Å². The van der Waals surface area contributed by atoms with E-state index in [9.17, 15) is 4.79 Å². The molecule has 2 aromatic heterocycles. The lowest BCUT2D eigenvalue weighted by Gasteiger charge is -2.17. The van der Waals surface area contributed by atoms with E-state index in [0.29, 0.717) is 12.3 Å². The highest BCUT2D eigenvalue weighted by molar-refractivity contribution is 7.99. The maximum absolute atomic E-state index is 12.4. The Morgan fingerprint density at radius 3 is 2.74 bits per heavy atom. The zero-order valence-electron chi connectivity index (χ0n) is 18.0. The van der Waals surface area contributed by atoms with Gasteiger partial charge in [-0.25, -0.2) is 4.98 Å². The summed E-state index contributed by atoms with van der Waals surface area (Å²) in [5.41, 5.74) is 3.29. The van der Waals surface area contributed by atoms with Crippen molar-refractivity contribution in [3.8, 4) is 11.4 Å². The number of anilines is 1. The first-order valence-electron chi connectivity index (χ1n) is 10.7. The van der Waals surface area contributed by atoms with E-state index >= 15 is 0 Å². The second-order valence-electron chi connectivity index (χ2n) is 7.65. The van der Waals surface area contributed by atoms with Gasteiger partial charge in [0.05, 0.1) is 5.75 Å². The number of hydrogen-bond donors (Lipinski definition) is 1. The lowest BCUT2D eigenvalue weighted by atomic mass is 10.1. The van der Waals surface area contributed by atoms with Crippen LogP contribution < -0.4 is 10.2 Å². The van der Waals surface area contributed by atoms with Gasteiger partial charge in [-0.2, -0.15) is 0 Å². The molecule has 3 heterocycles. The summed E-state index contributed by atoms with van der Waals surface area (Å²) in [6, 6.07) is 12.2. The summed E-state index contributed by atoms with van der Waals surface area (Å²) >= 11 is 1.42. The summed E-state index contributed by atoms with van der Waals surface area (Å²) in [4.78, 5) is 19.2. The molecule has 0 atom stereocenters. The van der Waals surface area contributed by atoms with Crippen LogP contribution in [0.5, 0.6) is 0 Å². The molecule has 31 heavy (non-hydrogen) atoms. The predicted octanol–water partition coefficient (Wildman–Crippen LogP) is 3.68. The van der Waals surface area contributed by atoms with Crippen LogP contribution in [0.25, 0.3) is 11.4 Å². The van der Waals surface area contributed by atoms with Gasteiger partial charge in [0.15, 0.2) is 11.0 Å². The maximum Gasteiger partial charge on any atom is 0.230 e. The molecule has 1 saturated heterocycles. The standard InChI is InChI=1S/C23H28N6OS/c1-3-29-22(19-9-5-4-8-17(19)2)26-27-23(29)31-16-21(30)25-15-18-10-11-24-20(14-18)28-12-6-7-13-28/h4-5,8-11,14H,3,6-7,12-13,15-16H2,1-2H3,(H,25,30). The molecule has 8 heteroatoms. The van der Waals surface area contributed by atoms with Crippen LogP contribution in [0.3, 0.4) is 0 Å².